The highest BCUT2D eigenvalue weighted by Crippen LogP contribution is 2.16. The molecule has 21 heavy (non-hydrogen) atoms. The standard InChI is InChI=1S/C14H26N2O4S/c1-12(2)11-19-9-5-8-15-10-13-6-7-14(20-13)21(17,18)16(3)4/h6-7,12,15H,5,8-11H2,1-4H3. The third kappa shape index (κ3) is 6.17. The number of ether oxygens (including phenoxy) is 1. The normalized spacial score (nSPS) is 12.5. The molecule has 0 aliphatic heterocycles. The summed E-state index contributed by atoms with van der Waals surface area (Å²) in [5.41, 5.74) is 0. The molecule has 0 spiro atoms. The minimum Gasteiger partial charge on any atom is -0.447 e. The van der Waals surface area contributed by atoms with Crippen molar-refractivity contribution in [2.75, 3.05) is 33.9 Å². The molecule has 0 saturated carbocycles. The van der Waals surface area contributed by atoms with E-state index in [1.165, 1.54) is 20.2 Å². The summed E-state index contributed by atoms with van der Waals surface area (Å²) >= 11 is 0. The molecular formula is C14H26N2O4S. The van der Waals surface area contributed by atoms with Gasteiger partial charge in [-0.25, -0.2) is 12.7 Å². The first-order chi connectivity index (χ1) is 9.84. The minimum absolute atomic E-state index is 0.0235. The summed E-state index contributed by atoms with van der Waals surface area (Å²) in [6, 6.07) is 3.16. The molecule has 0 radical (unpaired) electrons. The lowest BCUT2D eigenvalue weighted by atomic mass is 10.2. The fraction of sp³-hybridized carbons (Fsp3) is 0.714. The number of hydrogen-bond donors (Lipinski definition) is 1. The molecular weight excluding hydrogens is 292 g/mol. The fourth-order valence-corrected chi connectivity index (χ4v) is 2.41. The van der Waals surface area contributed by atoms with Crippen LogP contribution in [0.3, 0.4) is 0 Å². The molecule has 1 aromatic rings. The van der Waals surface area contributed by atoms with Crippen molar-refractivity contribution in [2.45, 2.75) is 31.9 Å². The lowest BCUT2D eigenvalue weighted by Gasteiger charge is -2.08. The Hall–Kier alpha value is -0.890. The Bertz CT molecular complexity index is 509. The highest BCUT2D eigenvalue weighted by molar-refractivity contribution is 7.88. The predicted octanol–water partition coefficient (Wildman–Crippen LogP) is 1.68. The van der Waals surface area contributed by atoms with E-state index in [9.17, 15) is 8.42 Å². The second kappa shape index (κ2) is 8.53. The zero-order valence-electron chi connectivity index (χ0n) is 13.3. The molecule has 0 saturated heterocycles. The zero-order chi connectivity index (χ0) is 15.9. The molecule has 0 unspecified atom stereocenters. The third-order valence-corrected chi connectivity index (χ3v) is 4.45. The fourth-order valence-electron chi connectivity index (χ4n) is 1.60. The van der Waals surface area contributed by atoms with Crippen molar-refractivity contribution in [1.29, 1.82) is 0 Å². The van der Waals surface area contributed by atoms with Crippen LogP contribution >= 0.6 is 0 Å². The average Bonchev–Trinajstić information content (AvgIpc) is 2.86. The summed E-state index contributed by atoms with van der Waals surface area (Å²) < 4.78 is 35.6. The van der Waals surface area contributed by atoms with Gasteiger partial charge in [0.25, 0.3) is 10.0 Å². The van der Waals surface area contributed by atoms with E-state index in [4.69, 9.17) is 9.15 Å². The molecule has 0 amide bonds. The second-order valence-corrected chi connectivity index (χ2v) is 7.59. The highest BCUT2D eigenvalue weighted by Gasteiger charge is 2.21. The molecule has 0 atom stereocenters. The Morgan fingerprint density at radius 1 is 1.33 bits per heavy atom. The van der Waals surface area contributed by atoms with E-state index in [2.05, 4.69) is 19.2 Å². The molecule has 1 aromatic heterocycles. The van der Waals surface area contributed by atoms with E-state index < -0.39 is 10.0 Å². The van der Waals surface area contributed by atoms with E-state index in [1.807, 2.05) is 0 Å². The molecule has 0 bridgehead atoms. The van der Waals surface area contributed by atoms with Crippen molar-refractivity contribution in [2.24, 2.45) is 5.92 Å². The zero-order valence-corrected chi connectivity index (χ0v) is 14.1. The number of furan rings is 1. The van der Waals surface area contributed by atoms with Crippen LogP contribution in [0.4, 0.5) is 0 Å². The van der Waals surface area contributed by atoms with Gasteiger partial charge in [-0.3, -0.25) is 0 Å². The Labute approximate surface area is 127 Å². The first-order valence-corrected chi connectivity index (χ1v) is 8.57. The van der Waals surface area contributed by atoms with Crippen LogP contribution in [0.25, 0.3) is 0 Å². The van der Waals surface area contributed by atoms with E-state index in [1.54, 1.807) is 6.07 Å². The molecule has 1 rings (SSSR count). The summed E-state index contributed by atoms with van der Waals surface area (Å²) in [6.45, 7) is 7.05. The van der Waals surface area contributed by atoms with E-state index >= 15 is 0 Å². The summed E-state index contributed by atoms with van der Waals surface area (Å²) in [5.74, 6) is 1.16. The second-order valence-electron chi connectivity index (χ2n) is 5.51. The van der Waals surface area contributed by atoms with Gasteiger partial charge in [-0.15, -0.1) is 0 Å². The van der Waals surface area contributed by atoms with Gasteiger partial charge < -0.3 is 14.5 Å². The predicted molar refractivity (Wildman–Crippen MR) is 81.6 cm³/mol. The van der Waals surface area contributed by atoms with Gasteiger partial charge in [0.05, 0.1) is 6.54 Å². The lowest BCUT2D eigenvalue weighted by Crippen LogP contribution is -2.21. The van der Waals surface area contributed by atoms with Gasteiger partial charge in [-0.1, -0.05) is 13.8 Å². The quantitative estimate of drug-likeness (QED) is 0.665. The number of hydrogen-bond acceptors (Lipinski definition) is 5. The average molecular weight is 318 g/mol. The van der Waals surface area contributed by atoms with Crippen molar-refractivity contribution in [1.82, 2.24) is 9.62 Å². The summed E-state index contributed by atoms with van der Waals surface area (Å²) in [5, 5.41) is 3.18. The Morgan fingerprint density at radius 3 is 2.67 bits per heavy atom. The summed E-state index contributed by atoms with van der Waals surface area (Å²) in [6.07, 6.45) is 0.913. The van der Waals surface area contributed by atoms with Crippen LogP contribution in [0.1, 0.15) is 26.0 Å². The van der Waals surface area contributed by atoms with Crippen LogP contribution in [0.2, 0.25) is 0 Å². The van der Waals surface area contributed by atoms with Gasteiger partial charge >= 0.3 is 0 Å². The van der Waals surface area contributed by atoms with Crippen molar-refractivity contribution in [3.8, 4) is 0 Å². The molecule has 0 fully saturated rings. The van der Waals surface area contributed by atoms with E-state index in [0.29, 0.717) is 18.2 Å². The largest absolute Gasteiger partial charge is 0.447 e. The number of sulfonamides is 1. The van der Waals surface area contributed by atoms with Gasteiger partial charge in [-0.05, 0) is 31.0 Å². The van der Waals surface area contributed by atoms with Crippen LogP contribution < -0.4 is 5.32 Å². The SMILES string of the molecule is CC(C)COCCCNCc1ccc(S(=O)(=O)N(C)C)o1. The van der Waals surface area contributed by atoms with Crippen LogP contribution in [0, 0.1) is 5.92 Å². The van der Waals surface area contributed by atoms with Crippen LogP contribution in [-0.2, 0) is 21.3 Å². The van der Waals surface area contributed by atoms with Crippen molar-refractivity contribution in [3.05, 3.63) is 17.9 Å². The number of nitrogens with one attached hydrogen (secondary N) is 1. The molecule has 0 aromatic carbocycles. The maximum atomic E-state index is 11.8. The van der Waals surface area contributed by atoms with E-state index in [-0.39, 0.29) is 5.09 Å². The van der Waals surface area contributed by atoms with Gasteiger partial charge in [-0.2, -0.15) is 0 Å². The Kier molecular flexibility index (Phi) is 7.37. The molecule has 1 N–H and O–H groups in total. The minimum atomic E-state index is -3.49. The van der Waals surface area contributed by atoms with E-state index in [0.717, 1.165) is 30.5 Å². The smallest absolute Gasteiger partial charge is 0.275 e. The van der Waals surface area contributed by atoms with Crippen molar-refractivity contribution < 1.29 is 17.6 Å². The molecule has 7 heteroatoms. The van der Waals surface area contributed by atoms with Crippen LogP contribution in [-0.4, -0.2) is 46.6 Å². The molecule has 1 heterocycles. The van der Waals surface area contributed by atoms with Crippen molar-refractivity contribution in [3.63, 3.8) is 0 Å². The summed E-state index contributed by atoms with van der Waals surface area (Å²) in [7, 11) is -0.530. The summed E-state index contributed by atoms with van der Waals surface area (Å²) in [4.78, 5) is 0. The van der Waals surface area contributed by atoms with Crippen molar-refractivity contribution >= 4 is 10.0 Å². The van der Waals surface area contributed by atoms with Crippen LogP contribution in [0.15, 0.2) is 21.6 Å². The first kappa shape index (κ1) is 18.2. The monoisotopic (exact) mass is 318 g/mol. The number of nitrogens with zero attached hydrogens (tertiary/aromatic N) is 1. The lowest BCUT2D eigenvalue weighted by molar-refractivity contribution is 0.108. The van der Waals surface area contributed by atoms with Gasteiger partial charge in [0.1, 0.15) is 5.76 Å². The van der Waals surface area contributed by atoms with Gasteiger partial charge in [0, 0.05) is 27.3 Å². The first-order valence-electron chi connectivity index (χ1n) is 7.13. The molecule has 122 valence electrons. The molecule has 0 aliphatic rings. The Morgan fingerprint density at radius 2 is 2.05 bits per heavy atom. The maximum Gasteiger partial charge on any atom is 0.275 e. The van der Waals surface area contributed by atoms with Gasteiger partial charge in [0.15, 0.2) is 0 Å². The Balaban J connectivity index is 2.27. The van der Waals surface area contributed by atoms with Gasteiger partial charge in [0.2, 0.25) is 5.09 Å². The van der Waals surface area contributed by atoms with Crippen LogP contribution in [0.5, 0.6) is 0 Å². The molecule has 0 aliphatic carbocycles. The third-order valence-electron chi connectivity index (χ3n) is 2.76. The highest BCUT2D eigenvalue weighted by atomic mass is 32.2. The number of rotatable bonds is 10. The topological polar surface area (TPSA) is 71.8 Å². The molecule has 6 nitrogen and oxygen atoms in total. The maximum absolute atomic E-state index is 11.8.